The molecule has 1 heterocycles. The van der Waals surface area contributed by atoms with E-state index in [1.54, 1.807) is 0 Å². The van der Waals surface area contributed by atoms with Gasteiger partial charge in [-0.3, -0.25) is 4.90 Å². The second kappa shape index (κ2) is 8.58. The van der Waals surface area contributed by atoms with Crippen LogP contribution in [-0.2, 0) is 0 Å². The molecular weight excluding hydrogens is 312 g/mol. The monoisotopic (exact) mass is 338 g/mol. The van der Waals surface area contributed by atoms with Crippen LogP contribution in [0.4, 0.5) is 0 Å². The van der Waals surface area contributed by atoms with Crippen molar-refractivity contribution < 1.29 is 0 Å². The van der Waals surface area contributed by atoms with Crippen molar-refractivity contribution in [3.05, 3.63) is 29.3 Å². The number of piperazine rings is 1. The summed E-state index contributed by atoms with van der Waals surface area (Å²) in [7, 11) is 0. The van der Waals surface area contributed by atoms with Gasteiger partial charge in [0.25, 0.3) is 0 Å². The fourth-order valence-corrected chi connectivity index (χ4v) is 4.83. The molecule has 2 nitrogen and oxygen atoms in total. The summed E-state index contributed by atoms with van der Waals surface area (Å²) in [5.74, 6) is 1.16. The number of hydrogen-bond acceptors (Lipinski definition) is 3. The largest absolute Gasteiger partial charge is 0.301 e. The maximum Gasteiger partial charge on any atom is 0.0541 e. The van der Waals surface area contributed by atoms with Gasteiger partial charge in [0.05, 0.1) is 5.02 Å². The average Bonchev–Trinajstić information content (AvgIpc) is 3.08. The van der Waals surface area contributed by atoms with E-state index in [1.165, 1.54) is 69.7 Å². The fraction of sp³-hybridized carbons (Fsp3) is 0.667. The number of rotatable bonds is 6. The molecule has 0 radical (unpaired) electrons. The van der Waals surface area contributed by atoms with Gasteiger partial charge in [0, 0.05) is 37.1 Å². The second-order valence-electron chi connectivity index (χ2n) is 6.45. The van der Waals surface area contributed by atoms with E-state index in [0.717, 1.165) is 16.8 Å². The Hall–Kier alpha value is -0.220. The van der Waals surface area contributed by atoms with Crippen LogP contribution < -0.4 is 0 Å². The topological polar surface area (TPSA) is 6.48 Å². The molecule has 1 aliphatic heterocycles. The number of thioether (sulfide) groups is 1. The van der Waals surface area contributed by atoms with Crippen LogP contribution in [0.25, 0.3) is 0 Å². The third kappa shape index (κ3) is 4.64. The van der Waals surface area contributed by atoms with Crippen molar-refractivity contribution in [1.82, 2.24) is 9.80 Å². The maximum absolute atomic E-state index is 6.19. The molecule has 1 saturated carbocycles. The van der Waals surface area contributed by atoms with Gasteiger partial charge in [0.15, 0.2) is 0 Å². The summed E-state index contributed by atoms with van der Waals surface area (Å²) in [5, 5.41) is 0.887. The summed E-state index contributed by atoms with van der Waals surface area (Å²) in [6, 6.07) is 9.06. The highest BCUT2D eigenvalue weighted by atomic mass is 35.5. The minimum Gasteiger partial charge on any atom is -0.301 e. The summed E-state index contributed by atoms with van der Waals surface area (Å²) >= 11 is 8.08. The first kappa shape index (κ1) is 16.6. The van der Waals surface area contributed by atoms with Gasteiger partial charge in [-0.1, -0.05) is 36.6 Å². The molecule has 0 aromatic heterocycles. The van der Waals surface area contributed by atoms with E-state index in [-0.39, 0.29) is 0 Å². The lowest BCUT2D eigenvalue weighted by Gasteiger charge is -2.38. The third-order valence-corrected chi connectivity index (χ3v) is 6.56. The highest BCUT2D eigenvalue weighted by Gasteiger charge is 2.25. The van der Waals surface area contributed by atoms with Crippen LogP contribution in [0.5, 0.6) is 0 Å². The second-order valence-corrected chi connectivity index (χ2v) is 7.99. The van der Waals surface area contributed by atoms with Crippen molar-refractivity contribution in [3.8, 4) is 0 Å². The molecule has 22 heavy (non-hydrogen) atoms. The predicted octanol–water partition coefficient (Wildman–Crippen LogP) is 4.38. The molecule has 122 valence electrons. The van der Waals surface area contributed by atoms with Crippen LogP contribution in [0.2, 0.25) is 5.02 Å². The van der Waals surface area contributed by atoms with E-state index < -0.39 is 0 Å². The molecule has 3 rings (SSSR count). The zero-order chi connectivity index (χ0) is 15.2. The first-order chi connectivity index (χ1) is 10.8. The maximum atomic E-state index is 6.19. The molecule has 0 unspecified atom stereocenters. The van der Waals surface area contributed by atoms with Crippen molar-refractivity contribution in [2.24, 2.45) is 0 Å². The van der Waals surface area contributed by atoms with Crippen LogP contribution in [-0.4, -0.2) is 54.3 Å². The van der Waals surface area contributed by atoms with Crippen LogP contribution >= 0.6 is 23.4 Å². The van der Waals surface area contributed by atoms with Gasteiger partial charge in [-0.25, -0.2) is 0 Å². The molecule has 1 aromatic carbocycles. The van der Waals surface area contributed by atoms with Crippen LogP contribution in [0, 0.1) is 0 Å². The number of benzene rings is 1. The zero-order valence-corrected chi connectivity index (χ0v) is 14.9. The van der Waals surface area contributed by atoms with Gasteiger partial charge in [-0.2, -0.15) is 0 Å². The van der Waals surface area contributed by atoms with E-state index in [2.05, 4.69) is 21.9 Å². The van der Waals surface area contributed by atoms with Crippen molar-refractivity contribution in [2.75, 3.05) is 38.5 Å². The molecule has 1 aliphatic carbocycles. The normalized spacial score (nSPS) is 21.5. The third-order valence-electron chi connectivity index (χ3n) is 4.96. The lowest BCUT2D eigenvalue weighted by molar-refractivity contribution is 0.0982. The van der Waals surface area contributed by atoms with Crippen molar-refractivity contribution in [2.45, 2.75) is 43.0 Å². The van der Waals surface area contributed by atoms with Crippen molar-refractivity contribution >= 4 is 23.4 Å². The summed E-state index contributed by atoms with van der Waals surface area (Å²) in [6.45, 7) is 6.31. The van der Waals surface area contributed by atoms with E-state index in [1.807, 2.05) is 23.9 Å². The fourth-order valence-electron chi connectivity index (χ4n) is 3.65. The van der Waals surface area contributed by atoms with E-state index in [4.69, 9.17) is 11.6 Å². The van der Waals surface area contributed by atoms with Crippen molar-refractivity contribution in [1.29, 1.82) is 0 Å². The van der Waals surface area contributed by atoms with Gasteiger partial charge in [0.2, 0.25) is 0 Å². The van der Waals surface area contributed by atoms with E-state index >= 15 is 0 Å². The predicted molar refractivity (Wildman–Crippen MR) is 97.1 cm³/mol. The Labute approximate surface area is 144 Å². The average molecular weight is 339 g/mol. The molecule has 0 bridgehead atoms. The van der Waals surface area contributed by atoms with Crippen LogP contribution in [0.1, 0.15) is 32.1 Å². The smallest absolute Gasteiger partial charge is 0.0541 e. The van der Waals surface area contributed by atoms with Gasteiger partial charge in [0.1, 0.15) is 0 Å². The highest BCUT2D eigenvalue weighted by molar-refractivity contribution is 7.99. The molecule has 0 amide bonds. The number of hydrogen-bond donors (Lipinski definition) is 0. The highest BCUT2D eigenvalue weighted by Crippen LogP contribution is 2.27. The first-order valence-electron chi connectivity index (χ1n) is 8.66. The molecule has 2 aliphatic rings. The lowest BCUT2D eigenvalue weighted by Crippen LogP contribution is -2.49. The summed E-state index contributed by atoms with van der Waals surface area (Å²) in [4.78, 5) is 6.59. The molecule has 0 N–H and O–H groups in total. The number of halogens is 1. The van der Waals surface area contributed by atoms with Gasteiger partial charge in [-0.15, -0.1) is 11.8 Å². The van der Waals surface area contributed by atoms with Crippen LogP contribution in [0.3, 0.4) is 0 Å². The molecule has 1 aromatic rings. The summed E-state index contributed by atoms with van der Waals surface area (Å²) in [6.07, 6.45) is 7.02. The lowest BCUT2D eigenvalue weighted by atomic mass is 10.2. The molecule has 0 atom stereocenters. The Bertz CT molecular complexity index is 454. The van der Waals surface area contributed by atoms with Gasteiger partial charge >= 0.3 is 0 Å². The quantitative estimate of drug-likeness (QED) is 0.561. The van der Waals surface area contributed by atoms with Crippen LogP contribution in [0.15, 0.2) is 29.2 Å². The summed E-state index contributed by atoms with van der Waals surface area (Å²) < 4.78 is 0. The summed E-state index contributed by atoms with van der Waals surface area (Å²) in [5.41, 5.74) is 0. The molecule has 4 heteroatoms. The Kier molecular flexibility index (Phi) is 6.49. The minimum atomic E-state index is 0.887. The Morgan fingerprint density at radius 1 is 1.05 bits per heavy atom. The zero-order valence-electron chi connectivity index (χ0n) is 13.3. The van der Waals surface area contributed by atoms with E-state index in [9.17, 15) is 0 Å². The Balaban J connectivity index is 1.31. The Morgan fingerprint density at radius 2 is 1.77 bits per heavy atom. The van der Waals surface area contributed by atoms with E-state index in [0.29, 0.717) is 0 Å². The van der Waals surface area contributed by atoms with Gasteiger partial charge in [-0.05, 0) is 43.7 Å². The molecule has 1 saturated heterocycles. The Morgan fingerprint density at radius 3 is 2.50 bits per heavy atom. The van der Waals surface area contributed by atoms with Crippen molar-refractivity contribution in [3.63, 3.8) is 0 Å². The SMILES string of the molecule is Clc1ccccc1SCCCN1CCN(C2CCCC2)CC1. The molecule has 2 fully saturated rings. The minimum absolute atomic E-state index is 0.887. The number of nitrogens with zero attached hydrogens (tertiary/aromatic N) is 2. The molecular formula is C18H27ClN2S. The van der Waals surface area contributed by atoms with Gasteiger partial charge < -0.3 is 4.90 Å². The molecule has 0 spiro atoms. The first-order valence-corrected chi connectivity index (χ1v) is 10.0. The standard InChI is InChI=1S/C18H27ClN2S/c19-17-8-3-4-9-18(17)22-15-5-10-20-11-13-21(14-12-20)16-6-1-2-7-16/h3-4,8-9,16H,1-2,5-7,10-15H2.